The zero-order valence-electron chi connectivity index (χ0n) is 20.9. The number of nitrogens with zero attached hydrogens (tertiary/aromatic N) is 3. The fraction of sp³-hybridized carbons (Fsp3) is 0.308. The fourth-order valence-electron chi connectivity index (χ4n) is 4.49. The van der Waals surface area contributed by atoms with E-state index in [0.717, 1.165) is 30.3 Å². The third kappa shape index (κ3) is 5.42. The Labute approximate surface area is 212 Å². The molecule has 0 unspecified atom stereocenters. The maximum atomic E-state index is 14.3. The van der Waals surface area contributed by atoms with Gasteiger partial charge in [0.15, 0.2) is 11.6 Å². The van der Waals surface area contributed by atoms with E-state index in [1.165, 1.54) is 12.1 Å². The fourth-order valence-corrected chi connectivity index (χ4v) is 4.49. The quantitative estimate of drug-likeness (QED) is 0.286. The molecule has 0 aliphatic carbocycles. The smallest absolute Gasteiger partial charge is 0.276 e. The van der Waals surface area contributed by atoms with Crippen LogP contribution < -0.4 is 26.8 Å². The third-order valence-corrected chi connectivity index (χ3v) is 6.07. The molecule has 37 heavy (non-hydrogen) atoms. The van der Waals surface area contributed by atoms with Crippen LogP contribution in [0.4, 0.5) is 25.8 Å². The molecule has 3 aromatic rings. The molecule has 1 saturated heterocycles. The van der Waals surface area contributed by atoms with Gasteiger partial charge in [0.25, 0.3) is 11.5 Å². The average Bonchev–Trinajstić information content (AvgIpc) is 3.26. The topological polar surface area (TPSA) is 134 Å². The summed E-state index contributed by atoms with van der Waals surface area (Å²) in [5.41, 5.74) is 7.52. The van der Waals surface area contributed by atoms with Crippen LogP contribution in [-0.2, 0) is 0 Å². The molecule has 0 spiro atoms. The summed E-state index contributed by atoms with van der Waals surface area (Å²) >= 11 is 0. The van der Waals surface area contributed by atoms with Crippen molar-refractivity contribution in [3.05, 3.63) is 75.7 Å². The van der Waals surface area contributed by atoms with Crippen molar-refractivity contribution >= 4 is 28.7 Å². The summed E-state index contributed by atoms with van der Waals surface area (Å²) in [5.74, 6) is -2.64. The molecule has 2 heterocycles. The van der Waals surface area contributed by atoms with Gasteiger partial charge in [-0.3, -0.25) is 9.59 Å². The number of para-hydroxylation sites is 1. The second-order valence-electron chi connectivity index (χ2n) is 9.45. The number of carbonyl (C=O) groups is 1. The Morgan fingerprint density at radius 1 is 1.16 bits per heavy atom. The first-order chi connectivity index (χ1) is 17.6. The number of hydrogen-bond donors (Lipinski definition) is 4. The van der Waals surface area contributed by atoms with E-state index in [1.54, 1.807) is 13.0 Å². The van der Waals surface area contributed by atoms with Gasteiger partial charge in [-0.05, 0) is 51.5 Å². The average molecular weight is 511 g/mol. The van der Waals surface area contributed by atoms with Crippen LogP contribution >= 0.6 is 0 Å². The lowest BCUT2D eigenvalue weighted by Crippen LogP contribution is -2.83. The number of halogens is 2. The Hall–Kier alpha value is -3.96. The molecule has 1 amide bonds. The third-order valence-electron chi connectivity index (χ3n) is 6.07. The Morgan fingerprint density at radius 2 is 1.86 bits per heavy atom. The molecule has 0 saturated carbocycles. The predicted octanol–water partition coefficient (Wildman–Crippen LogP) is 2.29. The normalized spacial score (nSPS) is 15.3. The van der Waals surface area contributed by atoms with Crippen LogP contribution in [0.25, 0.3) is 5.69 Å². The lowest BCUT2D eigenvalue weighted by Gasteiger charge is -2.26. The summed E-state index contributed by atoms with van der Waals surface area (Å²) in [6, 6.07) is 9.19. The van der Waals surface area contributed by atoms with Gasteiger partial charge >= 0.3 is 0 Å². The molecule has 1 aliphatic heterocycles. The van der Waals surface area contributed by atoms with Crippen molar-refractivity contribution in [2.45, 2.75) is 39.3 Å². The van der Waals surface area contributed by atoms with Gasteiger partial charge < -0.3 is 26.7 Å². The van der Waals surface area contributed by atoms with Gasteiger partial charge in [-0.15, -0.1) is 0 Å². The first-order valence-corrected chi connectivity index (χ1v) is 12.0. The molecule has 6 N–H and O–H groups in total. The monoisotopic (exact) mass is 510 g/mol. The van der Waals surface area contributed by atoms with Crippen LogP contribution in [0.15, 0.2) is 47.3 Å². The van der Waals surface area contributed by atoms with Gasteiger partial charge in [0.2, 0.25) is 0 Å². The predicted molar refractivity (Wildman–Crippen MR) is 138 cm³/mol. The Bertz CT molecular complexity index is 1400. The lowest BCUT2D eigenvalue weighted by atomic mass is 10.0. The lowest BCUT2D eigenvalue weighted by molar-refractivity contribution is -0.603. The molecule has 1 atom stereocenters. The number of amides is 1. The van der Waals surface area contributed by atoms with Crippen molar-refractivity contribution in [1.29, 1.82) is 5.41 Å². The highest BCUT2D eigenvalue weighted by atomic mass is 19.1. The number of hydrogen-bond acceptors (Lipinski definition) is 6. The number of benzene rings is 2. The minimum Gasteiger partial charge on any atom is -0.368 e. The van der Waals surface area contributed by atoms with Crippen molar-refractivity contribution in [1.82, 2.24) is 9.78 Å². The zero-order valence-corrected chi connectivity index (χ0v) is 20.9. The number of anilines is 2. The number of quaternary nitrogens is 1. The SMILES string of the molecule is CC(=N)c1c([NH2+]C(C)C)ccc(NC(=O)c2ccc(=O)n(-c3c(F)cccc3F)n2)c1N1CC[C@@H](N)C1. The van der Waals surface area contributed by atoms with E-state index in [1.807, 2.05) is 24.8 Å². The second-order valence-corrected chi connectivity index (χ2v) is 9.45. The molecule has 0 bridgehead atoms. The van der Waals surface area contributed by atoms with Gasteiger partial charge in [0.1, 0.15) is 17.1 Å². The molecule has 11 heteroatoms. The van der Waals surface area contributed by atoms with Crippen molar-refractivity contribution in [2.75, 3.05) is 23.3 Å². The van der Waals surface area contributed by atoms with Crippen molar-refractivity contribution in [3.8, 4) is 5.69 Å². The van der Waals surface area contributed by atoms with Gasteiger partial charge in [-0.25, -0.2) is 8.78 Å². The molecule has 1 fully saturated rings. The summed E-state index contributed by atoms with van der Waals surface area (Å²) in [5, 5.41) is 17.3. The summed E-state index contributed by atoms with van der Waals surface area (Å²) in [4.78, 5) is 27.7. The highest BCUT2D eigenvalue weighted by molar-refractivity contribution is 6.11. The minimum absolute atomic E-state index is 0.0407. The number of aromatic nitrogens is 2. The molecule has 2 aromatic carbocycles. The van der Waals surface area contributed by atoms with E-state index < -0.39 is 28.8 Å². The summed E-state index contributed by atoms with van der Waals surface area (Å²) < 4.78 is 29.2. The highest BCUT2D eigenvalue weighted by Crippen LogP contribution is 2.36. The molecule has 194 valence electrons. The Balaban J connectivity index is 1.77. The number of nitrogens with one attached hydrogen (secondary N) is 2. The van der Waals surface area contributed by atoms with Crippen molar-refractivity contribution in [2.24, 2.45) is 5.73 Å². The second kappa shape index (κ2) is 10.6. The summed E-state index contributed by atoms with van der Waals surface area (Å²) in [7, 11) is 0. The van der Waals surface area contributed by atoms with Gasteiger partial charge in [-0.1, -0.05) is 6.07 Å². The largest absolute Gasteiger partial charge is 0.368 e. The van der Waals surface area contributed by atoms with E-state index in [9.17, 15) is 18.4 Å². The first-order valence-electron chi connectivity index (χ1n) is 12.0. The van der Waals surface area contributed by atoms with Crippen LogP contribution in [0.2, 0.25) is 0 Å². The zero-order chi connectivity index (χ0) is 26.9. The van der Waals surface area contributed by atoms with E-state index in [2.05, 4.69) is 15.7 Å². The Morgan fingerprint density at radius 3 is 2.46 bits per heavy atom. The minimum atomic E-state index is -0.983. The maximum Gasteiger partial charge on any atom is 0.276 e. The number of carbonyl (C=O) groups excluding carboxylic acids is 1. The van der Waals surface area contributed by atoms with Gasteiger partial charge in [-0.2, -0.15) is 9.78 Å². The molecular weight excluding hydrogens is 480 g/mol. The molecule has 0 radical (unpaired) electrons. The standard InChI is InChI=1S/C26H29F2N7O2/c1-14(2)31-19-7-8-20(25(23(19)15(3)29)34-12-11-16(30)13-34)32-26(37)21-9-10-22(36)35(33-21)24-17(27)5-4-6-18(24)28/h4-10,14,16,29,31H,11-13,30H2,1-3H3,(H,32,37)/p+1/t16-/m1/s1. The van der Waals surface area contributed by atoms with E-state index in [4.69, 9.17) is 11.1 Å². The molecule has 4 rings (SSSR count). The summed E-state index contributed by atoms with van der Waals surface area (Å²) in [6.07, 6.45) is 0.767. The molecule has 9 nitrogen and oxygen atoms in total. The van der Waals surface area contributed by atoms with Crippen LogP contribution in [0.5, 0.6) is 0 Å². The van der Waals surface area contributed by atoms with Gasteiger partial charge in [0, 0.05) is 37.0 Å². The number of rotatable bonds is 7. The number of nitrogens with two attached hydrogens (primary N) is 2. The van der Waals surface area contributed by atoms with Gasteiger partial charge in [0.05, 0.1) is 23.0 Å². The van der Waals surface area contributed by atoms with Crippen molar-refractivity contribution < 1.29 is 18.9 Å². The first kappa shape index (κ1) is 26.1. The van der Waals surface area contributed by atoms with Crippen LogP contribution in [0, 0.1) is 17.0 Å². The highest BCUT2D eigenvalue weighted by Gasteiger charge is 2.29. The molecular formula is C26H30F2N7O2+. The van der Waals surface area contributed by atoms with Crippen LogP contribution in [-0.4, -0.2) is 46.6 Å². The van der Waals surface area contributed by atoms with E-state index >= 15 is 0 Å². The van der Waals surface area contributed by atoms with E-state index in [0.29, 0.717) is 40.4 Å². The van der Waals surface area contributed by atoms with Crippen LogP contribution in [0.1, 0.15) is 43.2 Å². The Kier molecular flexibility index (Phi) is 7.46. The van der Waals surface area contributed by atoms with E-state index in [-0.39, 0.29) is 17.8 Å². The molecule has 1 aromatic heterocycles. The maximum absolute atomic E-state index is 14.3. The summed E-state index contributed by atoms with van der Waals surface area (Å²) in [6.45, 7) is 7.00. The van der Waals surface area contributed by atoms with Crippen LogP contribution in [0.3, 0.4) is 0 Å². The van der Waals surface area contributed by atoms with Crippen molar-refractivity contribution in [3.63, 3.8) is 0 Å². The molecule has 1 aliphatic rings.